The number of benzene rings is 5. The zero-order valence-electron chi connectivity index (χ0n) is 32.4. The molecule has 53 heavy (non-hydrogen) atoms. The first kappa shape index (κ1) is 38.2. The molecule has 1 aliphatic carbocycles. The summed E-state index contributed by atoms with van der Waals surface area (Å²) in [5, 5.41) is 0. The van der Waals surface area contributed by atoms with E-state index in [9.17, 15) is 0 Å². The molecule has 0 aliphatic heterocycles. The van der Waals surface area contributed by atoms with E-state index in [0.29, 0.717) is 0 Å². The molecule has 0 bridgehead atoms. The van der Waals surface area contributed by atoms with Gasteiger partial charge in [0.05, 0.1) is 13.2 Å². The van der Waals surface area contributed by atoms with E-state index in [2.05, 4.69) is 105 Å². The number of ether oxygens (including phenoxy) is 2. The van der Waals surface area contributed by atoms with Crippen LogP contribution < -0.4 is 15.2 Å². The molecule has 3 heteroatoms. The number of unbranched alkanes of at least 4 members (excludes halogenated alkanes) is 10. The Bertz CT molecular complexity index is 1840. The van der Waals surface area contributed by atoms with Gasteiger partial charge >= 0.3 is 0 Å². The monoisotopic (exact) mass is 707 g/mol. The lowest BCUT2D eigenvalue weighted by molar-refractivity contribution is 0.298. The fourth-order valence-electron chi connectivity index (χ4n) is 7.77. The van der Waals surface area contributed by atoms with Gasteiger partial charge in [-0.2, -0.15) is 0 Å². The number of nitrogen functional groups attached to an aromatic ring is 1. The average Bonchev–Trinajstić information content (AvgIpc) is 3.20. The molecule has 0 amide bonds. The van der Waals surface area contributed by atoms with Gasteiger partial charge in [0.1, 0.15) is 11.5 Å². The Kier molecular flexibility index (Phi) is 14.5. The quantitative estimate of drug-likeness (QED) is 0.0647. The van der Waals surface area contributed by atoms with E-state index in [1.165, 1.54) is 122 Å². The Morgan fingerprint density at radius 2 is 0.906 bits per heavy atom. The summed E-state index contributed by atoms with van der Waals surface area (Å²) < 4.78 is 13.5. The lowest BCUT2D eigenvalue weighted by atomic mass is 9.85. The molecule has 0 fully saturated rings. The predicted octanol–water partition coefficient (Wildman–Crippen LogP) is 14.3. The molecular weight excluding hydrogens is 647 g/mol. The first-order chi connectivity index (χ1) is 26.1. The summed E-state index contributed by atoms with van der Waals surface area (Å²) in [4.78, 5) is 0. The topological polar surface area (TPSA) is 44.5 Å². The summed E-state index contributed by atoms with van der Waals surface area (Å²) >= 11 is 0. The van der Waals surface area contributed by atoms with Crippen molar-refractivity contribution in [3.63, 3.8) is 0 Å². The second-order valence-corrected chi connectivity index (χ2v) is 15.0. The summed E-state index contributed by atoms with van der Waals surface area (Å²) in [5.74, 6) is 1.93. The molecule has 2 N–H and O–H groups in total. The maximum atomic E-state index is 6.77. The Balaban J connectivity index is 1.30. The number of fused-ring (bicyclic) bond motifs is 1. The molecule has 0 spiro atoms. The van der Waals surface area contributed by atoms with Gasteiger partial charge in [-0.1, -0.05) is 157 Å². The Morgan fingerprint density at radius 1 is 0.453 bits per heavy atom. The van der Waals surface area contributed by atoms with E-state index < -0.39 is 0 Å². The van der Waals surface area contributed by atoms with Gasteiger partial charge in [-0.15, -0.1) is 0 Å². The summed E-state index contributed by atoms with van der Waals surface area (Å²) in [6.07, 6.45) is 19.7. The zero-order valence-corrected chi connectivity index (χ0v) is 32.4. The minimum Gasteiger partial charge on any atom is -0.493 e. The number of nitrogens with two attached hydrogens (primary N) is 1. The minimum atomic E-state index is 0.724. The van der Waals surface area contributed by atoms with Crippen molar-refractivity contribution in [2.75, 3.05) is 18.9 Å². The van der Waals surface area contributed by atoms with Crippen LogP contribution in [0.1, 0.15) is 115 Å². The van der Waals surface area contributed by atoms with E-state index in [0.717, 1.165) is 67.2 Å². The normalized spacial score (nSPS) is 12.4. The number of aryl methyl sites for hydroxylation is 1. The van der Waals surface area contributed by atoms with Gasteiger partial charge in [0.2, 0.25) is 0 Å². The summed E-state index contributed by atoms with van der Waals surface area (Å²) in [5.41, 5.74) is 19.2. The van der Waals surface area contributed by atoms with Crippen molar-refractivity contribution in [2.24, 2.45) is 0 Å². The molecule has 0 heterocycles. The third-order valence-electron chi connectivity index (χ3n) is 10.9. The van der Waals surface area contributed by atoms with Crippen molar-refractivity contribution >= 4 is 5.69 Å². The third-order valence-corrected chi connectivity index (χ3v) is 10.9. The lowest BCUT2D eigenvalue weighted by Gasteiger charge is -2.23. The molecule has 0 saturated carbocycles. The smallest absolute Gasteiger partial charge is 0.128 e. The lowest BCUT2D eigenvalue weighted by Crippen LogP contribution is -2.06. The Morgan fingerprint density at radius 3 is 1.47 bits per heavy atom. The van der Waals surface area contributed by atoms with Gasteiger partial charge in [-0.3, -0.25) is 0 Å². The molecule has 0 radical (unpaired) electrons. The molecule has 1 aliphatic rings. The maximum absolute atomic E-state index is 6.77. The molecule has 5 aromatic carbocycles. The highest BCUT2D eigenvalue weighted by Gasteiger charge is 2.21. The first-order valence-electron chi connectivity index (χ1n) is 20.8. The second kappa shape index (κ2) is 20.1. The van der Waals surface area contributed by atoms with Crippen LogP contribution in [-0.4, -0.2) is 13.2 Å². The van der Waals surface area contributed by atoms with Crippen LogP contribution in [0.25, 0.3) is 44.5 Å². The average molecular weight is 708 g/mol. The van der Waals surface area contributed by atoms with Crippen LogP contribution >= 0.6 is 0 Å². The second-order valence-electron chi connectivity index (χ2n) is 15.0. The SMILES string of the molecule is CCCCCCCCOc1cc(-c2cccc3c2CCCC3)c(OCCCCCCCC)cc1-c1ccc(-c2ccc(-c3ccc(N)cc3)cc2)cc1. The van der Waals surface area contributed by atoms with Crippen LogP contribution in [0.5, 0.6) is 11.5 Å². The van der Waals surface area contributed by atoms with Crippen LogP contribution in [0.15, 0.2) is 103 Å². The maximum Gasteiger partial charge on any atom is 0.128 e. The van der Waals surface area contributed by atoms with Crippen LogP contribution in [-0.2, 0) is 12.8 Å². The molecule has 0 saturated heterocycles. The zero-order chi connectivity index (χ0) is 36.7. The molecule has 0 atom stereocenters. The van der Waals surface area contributed by atoms with Gasteiger partial charge in [-0.05, 0) is 107 Å². The molecule has 3 nitrogen and oxygen atoms in total. The van der Waals surface area contributed by atoms with E-state index in [1.54, 1.807) is 0 Å². The fraction of sp³-hybridized carbons (Fsp3) is 0.400. The fourth-order valence-corrected chi connectivity index (χ4v) is 7.77. The predicted molar refractivity (Wildman–Crippen MR) is 227 cm³/mol. The summed E-state index contributed by atoms with van der Waals surface area (Å²) in [6, 6.07) is 37.3. The van der Waals surface area contributed by atoms with Crippen molar-refractivity contribution in [3.05, 3.63) is 114 Å². The standard InChI is InChI=1S/C50H61NO2/c1-3-5-7-9-11-15-34-52-49-37-48(46-21-17-19-42-18-13-14-20-45(42)46)50(53-35-16-12-10-8-6-4-2)36-47(49)43-28-26-40(27-29-43)38-22-24-39(25-23-38)41-30-32-44(51)33-31-41/h17,19,21-33,36-37H,3-16,18,20,34-35,51H2,1-2H3. The van der Waals surface area contributed by atoms with Gasteiger partial charge in [0.15, 0.2) is 0 Å². The van der Waals surface area contributed by atoms with Gasteiger partial charge in [-0.25, -0.2) is 0 Å². The summed E-state index contributed by atoms with van der Waals surface area (Å²) in [6.45, 7) is 6.01. The molecular formula is C50H61NO2. The molecule has 0 unspecified atom stereocenters. The summed E-state index contributed by atoms with van der Waals surface area (Å²) in [7, 11) is 0. The Hall–Kier alpha value is -4.50. The number of hydrogen-bond donors (Lipinski definition) is 1. The number of rotatable bonds is 20. The molecule has 6 rings (SSSR count). The van der Waals surface area contributed by atoms with Crippen LogP contribution in [0, 0.1) is 0 Å². The van der Waals surface area contributed by atoms with Crippen molar-refractivity contribution in [1.29, 1.82) is 0 Å². The van der Waals surface area contributed by atoms with E-state index in [1.807, 2.05) is 12.1 Å². The van der Waals surface area contributed by atoms with E-state index in [-0.39, 0.29) is 0 Å². The van der Waals surface area contributed by atoms with Gasteiger partial charge < -0.3 is 15.2 Å². The highest BCUT2D eigenvalue weighted by atomic mass is 16.5. The molecule has 0 aromatic heterocycles. The number of hydrogen-bond acceptors (Lipinski definition) is 3. The van der Waals surface area contributed by atoms with Crippen LogP contribution in [0.2, 0.25) is 0 Å². The van der Waals surface area contributed by atoms with Gasteiger partial charge in [0, 0.05) is 16.8 Å². The van der Waals surface area contributed by atoms with Gasteiger partial charge in [0.25, 0.3) is 0 Å². The Labute approximate surface area is 320 Å². The van der Waals surface area contributed by atoms with E-state index in [4.69, 9.17) is 15.2 Å². The molecule has 5 aromatic rings. The minimum absolute atomic E-state index is 0.724. The first-order valence-corrected chi connectivity index (χ1v) is 20.8. The third kappa shape index (κ3) is 10.6. The van der Waals surface area contributed by atoms with Crippen molar-refractivity contribution in [1.82, 2.24) is 0 Å². The van der Waals surface area contributed by atoms with Crippen molar-refractivity contribution in [2.45, 2.75) is 117 Å². The van der Waals surface area contributed by atoms with Crippen LogP contribution in [0.3, 0.4) is 0 Å². The highest BCUT2D eigenvalue weighted by Crippen LogP contribution is 2.44. The number of anilines is 1. The highest BCUT2D eigenvalue weighted by molar-refractivity contribution is 5.84. The van der Waals surface area contributed by atoms with Crippen LogP contribution in [0.4, 0.5) is 5.69 Å². The van der Waals surface area contributed by atoms with E-state index >= 15 is 0 Å². The van der Waals surface area contributed by atoms with Crippen molar-refractivity contribution < 1.29 is 9.47 Å². The van der Waals surface area contributed by atoms with Crippen molar-refractivity contribution in [3.8, 4) is 56.0 Å². The largest absolute Gasteiger partial charge is 0.493 e. The molecule has 278 valence electrons.